The molecule has 2 aliphatic heterocycles. The number of rotatable bonds is 9. The normalized spacial score (nSPS) is 48.0. The van der Waals surface area contributed by atoms with Crippen LogP contribution in [0.4, 0.5) is 0 Å². The minimum absolute atomic E-state index is 0.0138. The zero-order chi connectivity index (χ0) is 37.6. The van der Waals surface area contributed by atoms with Crippen LogP contribution in [-0.4, -0.2) is 90.4 Å². The molecule has 53 heavy (non-hydrogen) atoms. The fourth-order valence-corrected chi connectivity index (χ4v) is 14.9. The van der Waals surface area contributed by atoms with Crippen LogP contribution in [0.15, 0.2) is 48.1 Å². The van der Waals surface area contributed by atoms with Crippen molar-refractivity contribution in [1.29, 1.82) is 0 Å². The first-order valence-corrected chi connectivity index (χ1v) is 21.5. The molecular formula is C46H71NO6. The molecule has 8 aliphatic rings. The monoisotopic (exact) mass is 734 g/mol. The molecule has 7 fully saturated rings. The Balaban J connectivity index is 0.963. The highest BCUT2D eigenvalue weighted by Gasteiger charge is 2.84. The molecule has 6 aliphatic carbocycles. The fourth-order valence-electron chi connectivity index (χ4n) is 14.9. The molecule has 0 amide bonds. The molecule has 2 N–H and O–H groups in total. The number of nitrogens with zero attached hydrogens (tertiary/aromatic N) is 1. The van der Waals surface area contributed by atoms with Crippen LogP contribution >= 0.6 is 0 Å². The Labute approximate surface area is 320 Å². The topological polar surface area (TPSA) is 80.6 Å². The number of hydrogen-bond acceptors (Lipinski definition) is 7. The third-order valence-corrected chi connectivity index (χ3v) is 17.4. The Hall–Kier alpha value is -1.32. The van der Waals surface area contributed by atoms with Gasteiger partial charge in [0.2, 0.25) is 0 Å². The second-order valence-corrected chi connectivity index (χ2v) is 20.4. The van der Waals surface area contributed by atoms with Crippen molar-refractivity contribution in [2.24, 2.45) is 50.7 Å². The van der Waals surface area contributed by atoms with Gasteiger partial charge in [-0.15, -0.1) is 0 Å². The summed E-state index contributed by atoms with van der Waals surface area (Å²) in [6.45, 7) is 22.1. The number of morpholine rings is 1. The molecule has 0 aromatic rings. The number of ether oxygens (including phenoxy) is 4. The standard InChI is InChI=1S/C46H71NO6/c1-9-50-40(42(5,6)49)32-27-30(2)37-38(52-32)39(48)44(8)34-18-17-33-41(3,4)35(19-21-45(33)29-46(34,45)23-22-43(37,44)7)53-36-28-47(25-26-51-36)24-20-31-15-13-11-10-12-14-16-31/h10-16,30,32-40,48-49H,9,17-29H2,1-8H3/t30-,32?,33+,34?,35+,36+,37+,38?,39+,40+,43-,44-,45-,46+/m1/s1. The van der Waals surface area contributed by atoms with Gasteiger partial charge in [-0.1, -0.05) is 77.2 Å². The summed E-state index contributed by atoms with van der Waals surface area (Å²) < 4.78 is 26.5. The summed E-state index contributed by atoms with van der Waals surface area (Å²) in [5, 5.41) is 23.8. The van der Waals surface area contributed by atoms with E-state index in [1.807, 2.05) is 20.8 Å². The van der Waals surface area contributed by atoms with Crippen LogP contribution < -0.4 is 0 Å². The number of aliphatic hydroxyl groups excluding tert-OH is 1. The molecule has 296 valence electrons. The Bertz CT molecular complexity index is 1490. The zero-order valence-electron chi connectivity index (χ0n) is 34.2. The van der Waals surface area contributed by atoms with Crippen molar-refractivity contribution in [2.75, 3.05) is 32.8 Å². The lowest BCUT2D eigenvalue weighted by molar-refractivity contribution is -0.248. The van der Waals surface area contributed by atoms with Crippen LogP contribution in [0.25, 0.3) is 0 Å². The maximum Gasteiger partial charge on any atom is 0.170 e. The number of hydrogen-bond donors (Lipinski definition) is 2. The highest BCUT2D eigenvalue weighted by Crippen LogP contribution is 2.89. The first kappa shape index (κ1) is 38.5. The Kier molecular flexibility index (Phi) is 9.94. The molecule has 0 aromatic heterocycles. The fraction of sp³-hybridized carbons (Fsp3) is 0.826. The molecule has 0 aromatic carbocycles. The molecule has 0 radical (unpaired) electrons. The summed E-state index contributed by atoms with van der Waals surface area (Å²) >= 11 is 0. The van der Waals surface area contributed by atoms with Gasteiger partial charge in [0.25, 0.3) is 0 Å². The average Bonchev–Trinajstić information content (AvgIpc) is 3.72. The van der Waals surface area contributed by atoms with Gasteiger partial charge in [0, 0.05) is 31.7 Å². The lowest BCUT2D eigenvalue weighted by atomic mass is 9.41. The van der Waals surface area contributed by atoms with Gasteiger partial charge in [0.1, 0.15) is 6.10 Å². The lowest BCUT2D eigenvalue weighted by Gasteiger charge is -2.64. The van der Waals surface area contributed by atoms with Gasteiger partial charge < -0.3 is 29.2 Å². The van der Waals surface area contributed by atoms with Crippen molar-refractivity contribution in [2.45, 2.75) is 156 Å². The summed E-state index contributed by atoms with van der Waals surface area (Å²) in [5.41, 5.74) is 0.850. The van der Waals surface area contributed by atoms with Crippen molar-refractivity contribution in [3.05, 3.63) is 48.1 Å². The number of fused-ring (bicyclic) bond motifs is 4. The van der Waals surface area contributed by atoms with Gasteiger partial charge in [-0.25, -0.2) is 0 Å². The van der Waals surface area contributed by atoms with Gasteiger partial charge in [-0.05, 0) is 129 Å². The van der Waals surface area contributed by atoms with E-state index in [-0.39, 0.29) is 40.8 Å². The second kappa shape index (κ2) is 13.7. The summed E-state index contributed by atoms with van der Waals surface area (Å²) in [4.78, 5) is 2.53. The lowest BCUT2D eigenvalue weighted by Crippen LogP contribution is -2.60. The van der Waals surface area contributed by atoms with E-state index >= 15 is 0 Å². The minimum Gasteiger partial charge on any atom is -0.390 e. The van der Waals surface area contributed by atoms with Gasteiger partial charge in [-0.3, -0.25) is 4.90 Å². The summed E-state index contributed by atoms with van der Waals surface area (Å²) in [6.07, 6.45) is 23.9. The van der Waals surface area contributed by atoms with Gasteiger partial charge in [0.05, 0.1) is 36.6 Å². The van der Waals surface area contributed by atoms with Crippen LogP contribution in [0, 0.1) is 50.7 Å². The van der Waals surface area contributed by atoms with Gasteiger partial charge in [0.15, 0.2) is 6.29 Å². The van der Waals surface area contributed by atoms with Gasteiger partial charge in [-0.2, -0.15) is 0 Å². The third kappa shape index (κ3) is 5.90. The summed E-state index contributed by atoms with van der Waals surface area (Å²) in [7, 11) is 0. The largest absolute Gasteiger partial charge is 0.390 e. The molecular weight excluding hydrogens is 663 g/mol. The number of aliphatic hydroxyl groups is 2. The van der Waals surface area contributed by atoms with Crippen molar-refractivity contribution in [3.8, 4) is 0 Å². The summed E-state index contributed by atoms with van der Waals surface area (Å²) in [5.74, 6) is 1.81. The first-order chi connectivity index (χ1) is 25.1. The minimum atomic E-state index is -1.02. The first-order valence-electron chi connectivity index (χ1n) is 21.5. The molecule has 2 heterocycles. The second-order valence-electron chi connectivity index (χ2n) is 20.4. The molecule has 0 bridgehead atoms. The van der Waals surface area contributed by atoms with Crippen LogP contribution in [0.5, 0.6) is 0 Å². The number of allylic oxidation sites excluding steroid dienone is 7. The Morgan fingerprint density at radius 3 is 2.49 bits per heavy atom. The molecule has 14 atom stereocenters. The molecule has 7 heteroatoms. The van der Waals surface area contributed by atoms with E-state index in [0.29, 0.717) is 41.1 Å². The maximum atomic E-state index is 12.7. The molecule has 5 saturated carbocycles. The van der Waals surface area contributed by atoms with E-state index in [9.17, 15) is 10.2 Å². The molecule has 2 spiro atoms. The van der Waals surface area contributed by atoms with Crippen molar-refractivity contribution in [1.82, 2.24) is 4.90 Å². The third-order valence-electron chi connectivity index (χ3n) is 17.4. The smallest absolute Gasteiger partial charge is 0.170 e. The van der Waals surface area contributed by atoms with Gasteiger partial charge >= 0.3 is 0 Å². The van der Waals surface area contributed by atoms with E-state index in [1.54, 1.807) is 0 Å². The SMILES string of the molecule is CCO[C@@H](C1C[C@@H](C)[C@H]2C(O1)[C@H](O)[C@@]1(C)C3CC[C@H]4C(C)(C)[C@@H](O[C@H]5CN(CCC6=CC=CC=CC=C6)CCO5)CC[C@@]45C[C@@]35CC[C@]21C)C(C)(C)O. The molecule has 2 saturated heterocycles. The quantitative estimate of drug-likeness (QED) is 0.249. The zero-order valence-corrected chi connectivity index (χ0v) is 34.2. The predicted molar refractivity (Wildman–Crippen MR) is 209 cm³/mol. The van der Waals surface area contributed by atoms with E-state index in [0.717, 1.165) is 51.9 Å². The van der Waals surface area contributed by atoms with Crippen LogP contribution in [0.2, 0.25) is 0 Å². The van der Waals surface area contributed by atoms with Crippen LogP contribution in [-0.2, 0) is 18.9 Å². The van der Waals surface area contributed by atoms with Crippen molar-refractivity contribution >= 4 is 0 Å². The molecule has 7 nitrogen and oxygen atoms in total. The predicted octanol–water partition coefficient (Wildman–Crippen LogP) is 8.02. The average molecular weight is 734 g/mol. The van der Waals surface area contributed by atoms with E-state index in [1.165, 1.54) is 37.7 Å². The molecule has 3 unspecified atom stereocenters. The van der Waals surface area contributed by atoms with Crippen molar-refractivity contribution in [3.63, 3.8) is 0 Å². The highest BCUT2D eigenvalue weighted by molar-refractivity contribution is 5.33. The van der Waals surface area contributed by atoms with E-state index < -0.39 is 17.8 Å². The highest BCUT2D eigenvalue weighted by atomic mass is 16.7. The summed E-state index contributed by atoms with van der Waals surface area (Å²) in [6, 6.07) is 0. The Morgan fingerprint density at radius 2 is 1.72 bits per heavy atom. The van der Waals surface area contributed by atoms with Crippen molar-refractivity contribution < 1.29 is 29.2 Å². The van der Waals surface area contributed by atoms with Crippen LogP contribution in [0.1, 0.15) is 113 Å². The van der Waals surface area contributed by atoms with E-state index in [4.69, 9.17) is 18.9 Å². The molecule has 8 rings (SSSR count). The van der Waals surface area contributed by atoms with E-state index in [2.05, 4.69) is 82.1 Å². The maximum absolute atomic E-state index is 12.7. The Morgan fingerprint density at radius 1 is 0.981 bits per heavy atom. The van der Waals surface area contributed by atoms with Crippen LogP contribution in [0.3, 0.4) is 0 Å².